The molecule has 2 nitrogen and oxygen atoms in total. The third-order valence-corrected chi connectivity index (χ3v) is 2.23. The van der Waals surface area contributed by atoms with Gasteiger partial charge in [0, 0.05) is 0 Å². The molecule has 55 valence electrons. The largest absolute Gasteiger partial charge is 0.494 e. The van der Waals surface area contributed by atoms with Gasteiger partial charge >= 0.3 is 0 Å². The number of hydrogen-bond acceptors (Lipinski definition) is 3. The van der Waals surface area contributed by atoms with Crippen LogP contribution in [-0.4, -0.2) is 12.1 Å². The van der Waals surface area contributed by atoms with Crippen molar-refractivity contribution in [2.75, 3.05) is 7.11 Å². The SMILES string of the molecule is COc1cccc2s[c]nc12. The van der Waals surface area contributed by atoms with Crippen molar-refractivity contribution >= 4 is 21.6 Å². The number of hydrogen-bond donors (Lipinski definition) is 0. The molecule has 0 spiro atoms. The fourth-order valence-corrected chi connectivity index (χ4v) is 1.60. The Morgan fingerprint density at radius 2 is 2.45 bits per heavy atom. The van der Waals surface area contributed by atoms with Crippen LogP contribution in [0, 0.1) is 5.51 Å². The van der Waals surface area contributed by atoms with Crippen LogP contribution in [0.2, 0.25) is 0 Å². The minimum absolute atomic E-state index is 0.819. The van der Waals surface area contributed by atoms with Crippen molar-refractivity contribution in [2.45, 2.75) is 0 Å². The van der Waals surface area contributed by atoms with Gasteiger partial charge in [-0.2, -0.15) is 0 Å². The van der Waals surface area contributed by atoms with Gasteiger partial charge in [0.15, 0.2) is 5.51 Å². The topological polar surface area (TPSA) is 22.1 Å². The molecular formula is C8H6NOS. The van der Waals surface area contributed by atoms with Crippen LogP contribution in [0.15, 0.2) is 18.2 Å². The summed E-state index contributed by atoms with van der Waals surface area (Å²) in [5.41, 5.74) is 3.73. The Morgan fingerprint density at radius 3 is 3.27 bits per heavy atom. The van der Waals surface area contributed by atoms with Crippen molar-refractivity contribution in [3.05, 3.63) is 23.7 Å². The second-order valence-corrected chi connectivity index (χ2v) is 2.94. The van der Waals surface area contributed by atoms with Gasteiger partial charge in [0.2, 0.25) is 0 Å². The Morgan fingerprint density at radius 1 is 1.55 bits per heavy atom. The summed E-state index contributed by atoms with van der Waals surface area (Å²) < 4.78 is 6.23. The van der Waals surface area contributed by atoms with E-state index in [1.807, 2.05) is 18.2 Å². The second kappa shape index (κ2) is 2.51. The van der Waals surface area contributed by atoms with Crippen LogP contribution in [0.25, 0.3) is 10.2 Å². The lowest BCUT2D eigenvalue weighted by Crippen LogP contribution is -1.82. The average molecular weight is 164 g/mol. The fourth-order valence-electron chi connectivity index (χ4n) is 0.977. The first-order valence-corrected chi connectivity index (χ1v) is 4.03. The van der Waals surface area contributed by atoms with Gasteiger partial charge in [0.05, 0.1) is 11.8 Å². The average Bonchev–Trinajstić information content (AvgIpc) is 2.50. The van der Waals surface area contributed by atoms with E-state index in [0.717, 1.165) is 16.0 Å². The van der Waals surface area contributed by atoms with Crippen LogP contribution < -0.4 is 4.74 Å². The zero-order chi connectivity index (χ0) is 7.68. The fraction of sp³-hybridized carbons (Fsp3) is 0.125. The van der Waals surface area contributed by atoms with Crippen molar-refractivity contribution in [1.82, 2.24) is 4.98 Å². The van der Waals surface area contributed by atoms with Crippen molar-refractivity contribution < 1.29 is 4.74 Å². The summed E-state index contributed by atoms with van der Waals surface area (Å²) in [4.78, 5) is 4.06. The van der Waals surface area contributed by atoms with Crippen LogP contribution in [0.1, 0.15) is 0 Å². The molecule has 1 aromatic carbocycles. The molecule has 0 unspecified atom stereocenters. The lowest BCUT2D eigenvalue weighted by atomic mass is 10.3. The highest BCUT2D eigenvalue weighted by Gasteiger charge is 2.01. The molecule has 2 aromatic rings. The summed E-state index contributed by atoms with van der Waals surface area (Å²) in [6.45, 7) is 0. The standard InChI is InChI=1S/C8H6NOS/c1-10-6-3-2-4-7-8(6)9-5-11-7/h2-4H,1H3. The maximum Gasteiger partial charge on any atom is 0.153 e. The molecule has 3 heteroatoms. The molecule has 11 heavy (non-hydrogen) atoms. The number of rotatable bonds is 1. The normalized spacial score (nSPS) is 10.3. The minimum atomic E-state index is 0.819. The number of fused-ring (bicyclic) bond motifs is 1. The van der Waals surface area contributed by atoms with Gasteiger partial charge in [0.1, 0.15) is 11.3 Å². The molecule has 0 aliphatic carbocycles. The number of thiazole rings is 1. The van der Waals surface area contributed by atoms with E-state index in [-0.39, 0.29) is 0 Å². The first kappa shape index (κ1) is 6.61. The van der Waals surface area contributed by atoms with Gasteiger partial charge in [-0.1, -0.05) is 6.07 Å². The Labute approximate surface area is 68.5 Å². The van der Waals surface area contributed by atoms with E-state index in [2.05, 4.69) is 10.5 Å². The molecular weight excluding hydrogens is 158 g/mol. The summed E-state index contributed by atoms with van der Waals surface area (Å²) in [6.07, 6.45) is 0. The van der Waals surface area contributed by atoms with Crippen LogP contribution in [0.4, 0.5) is 0 Å². The molecule has 1 radical (unpaired) electrons. The van der Waals surface area contributed by atoms with Gasteiger partial charge < -0.3 is 4.74 Å². The molecule has 0 amide bonds. The molecule has 1 heterocycles. The molecule has 0 aliphatic rings. The summed E-state index contributed by atoms with van der Waals surface area (Å²) in [5.74, 6) is 0.819. The van der Waals surface area contributed by atoms with Gasteiger partial charge in [0.25, 0.3) is 0 Å². The smallest absolute Gasteiger partial charge is 0.153 e. The maximum absolute atomic E-state index is 5.11. The molecule has 0 bridgehead atoms. The van der Waals surface area contributed by atoms with E-state index < -0.39 is 0 Å². The number of benzene rings is 1. The number of para-hydroxylation sites is 1. The second-order valence-electron chi connectivity index (χ2n) is 2.11. The first-order chi connectivity index (χ1) is 5.42. The van der Waals surface area contributed by atoms with Crippen LogP contribution in [0.5, 0.6) is 5.75 Å². The van der Waals surface area contributed by atoms with Crippen molar-refractivity contribution in [1.29, 1.82) is 0 Å². The predicted molar refractivity (Wildman–Crippen MR) is 45.0 cm³/mol. The minimum Gasteiger partial charge on any atom is -0.494 e. The quantitative estimate of drug-likeness (QED) is 0.644. The van der Waals surface area contributed by atoms with Gasteiger partial charge in [-0.15, -0.1) is 11.3 Å². The maximum atomic E-state index is 5.11. The Bertz CT molecular complexity index is 369. The molecule has 0 saturated heterocycles. The van der Waals surface area contributed by atoms with E-state index in [1.54, 1.807) is 7.11 Å². The molecule has 2 rings (SSSR count). The van der Waals surface area contributed by atoms with E-state index in [0.29, 0.717) is 0 Å². The highest BCUT2D eigenvalue weighted by molar-refractivity contribution is 7.16. The van der Waals surface area contributed by atoms with E-state index in [4.69, 9.17) is 4.74 Å². The summed E-state index contributed by atoms with van der Waals surface area (Å²) in [5, 5.41) is 0. The lowest BCUT2D eigenvalue weighted by molar-refractivity contribution is 0.419. The van der Waals surface area contributed by atoms with Crippen LogP contribution in [0.3, 0.4) is 0 Å². The van der Waals surface area contributed by atoms with Crippen molar-refractivity contribution in [2.24, 2.45) is 0 Å². The molecule has 1 aromatic heterocycles. The summed E-state index contributed by atoms with van der Waals surface area (Å²) in [6, 6.07) is 5.86. The van der Waals surface area contributed by atoms with Gasteiger partial charge in [-0.25, -0.2) is 4.98 Å². The van der Waals surface area contributed by atoms with Gasteiger partial charge in [-0.3, -0.25) is 0 Å². The number of nitrogens with zero attached hydrogens (tertiary/aromatic N) is 1. The van der Waals surface area contributed by atoms with E-state index >= 15 is 0 Å². The molecule has 0 atom stereocenters. The van der Waals surface area contributed by atoms with E-state index in [9.17, 15) is 0 Å². The Kier molecular flexibility index (Phi) is 1.51. The van der Waals surface area contributed by atoms with Gasteiger partial charge in [-0.05, 0) is 12.1 Å². The molecule has 0 aliphatic heterocycles. The number of ether oxygens (including phenoxy) is 1. The highest BCUT2D eigenvalue weighted by Crippen LogP contribution is 2.25. The molecule has 0 saturated carbocycles. The van der Waals surface area contributed by atoms with Crippen LogP contribution >= 0.6 is 11.3 Å². The monoisotopic (exact) mass is 164 g/mol. The van der Waals surface area contributed by atoms with Crippen molar-refractivity contribution in [3.8, 4) is 5.75 Å². The zero-order valence-corrected chi connectivity index (χ0v) is 6.81. The first-order valence-electron chi connectivity index (χ1n) is 3.21. The number of methoxy groups -OCH3 is 1. The predicted octanol–water partition coefficient (Wildman–Crippen LogP) is 2.11. The summed E-state index contributed by atoms with van der Waals surface area (Å²) in [7, 11) is 1.65. The zero-order valence-electron chi connectivity index (χ0n) is 6.00. The highest BCUT2D eigenvalue weighted by atomic mass is 32.1. The number of aromatic nitrogens is 1. The third-order valence-electron chi connectivity index (χ3n) is 1.49. The molecule has 0 fully saturated rings. The Balaban J connectivity index is 2.79. The van der Waals surface area contributed by atoms with E-state index in [1.165, 1.54) is 11.3 Å². The Hall–Kier alpha value is -1.09. The lowest BCUT2D eigenvalue weighted by Gasteiger charge is -1.97. The summed E-state index contributed by atoms with van der Waals surface area (Å²) >= 11 is 1.50. The third kappa shape index (κ3) is 0.973. The molecule has 0 N–H and O–H groups in total. The van der Waals surface area contributed by atoms with Crippen LogP contribution in [-0.2, 0) is 0 Å². The van der Waals surface area contributed by atoms with Crippen molar-refractivity contribution in [3.63, 3.8) is 0 Å².